The predicted molar refractivity (Wildman–Crippen MR) is 73.3 cm³/mol. The largest absolute Gasteiger partial charge is 0.323 e. The average molecular weight is 255 g/mol. The van der Waals surface area contributed by atoms with E-state index in [0.29, 0.717) is 0 Å². The second kappa shape index (κ2) is 6.10. The van der Waals surface area contributed by atoms with Gasteiger partial charge < -0.3 is 5.32 Å². The van der Waals surface area contributed by atoms with Gasteiger partial charge in [-0.1, -0.05) is 27.7 Å². The maximum Gasteiger partial charge on any atom is 0.229 e. The first kappa shape index (κ1) is 14.1. The molecule has 0 radical (unpaired) electrons. The fourth-order valence-electron chi connectivity index (χ4n) is 1.17. The average Bonchev–Trinajstić information content (AvgIpc) is 2.65. The number of hydrogen-bond acceptors (Lipinski definition) is 3. The van der Waals surface area contributed by atoms with Crippen molar-refractivity contribution in [3.63, 3.8) is 0 Å². The molecule has 0 spiro atoms. The first-order chi connectivity index (χ1) is 7.93. The van der Waals surface area contributed by atoms with Crippen LogP contribution >= 0.6 is 11.8 Å². The molecule has 1 amide bonds. The summed E-state index contributed by atoms with van der Waals surface area (Å²) in [5, 5.41) is 7.08. The van der Waals surface area contributed by atoms with E-state index in [0.717, 1.165) is 23.7 Å². The molecule has 0 aliphatic rings. The summed E-state index contributed by atoms with van der Waals surface area (Å²) in [6.07, 6.45) is 3.57. The SMILES string of the molecule is CCSCCn1cc(NC(=O)C(C)(C)C)cn1. The van der Waals surface area contributed by atoms with Gasteiger partial charge in [0.2, 0.25) is 5.91 Å². The number of aromatic nitrogens is 2. The molecule has 0 atom stereocenters. The number of hydrogen-bond donors (Lipinski definition) is 1. The van der Waals surface area contributed by atoms with Crippen LogP contribution in [-0.2, 0) is 11.3 Å². The summed E-state index contributed by atoms with van der Waals surface area (Å²) < 4.78 is 1.86. The third-order valence-electron chi connectivity index (χ3n) is 2.24. The Kier molecular flexibility index (Phi) is 5.05. The van der Waals surface area contributed by atoms with E-state index in [2.05, 4.69) is 17.3 Å². The zero-order valence-corrected chi connectivity index (χ0v) is 11.8. The summed E-state index contributed by atoms with van der Waals surface area (Å²) in [6.45, 7) is 8.70. The van der Waals surface area contributed by atoms with Crippen molar-refractivity contribution in [1.29, 1.82) is 0 Å². The summed E-state index contributed by atoms with van der Waals surface area (Å²) in [6, 6.07) is 0. The number of aryl methyl sites for hydroxylation is 1. The smallest absolute Gasteiger partial charge is 0.229 e. The van der Waals surface area contributed by atoms with Gasteiger partial charge in [-0.3, -0.25) is 9.48 Å². The van der Waals surface area contributed by atoms with Crippen molar-refractivity contribution in [2.45, 2.75) is 34.2 Å². The van der Waals surface area contributed by atoms with Crippen LogP contribution < -0.4 is 5.32 Å². The van der Waals surface area contributed by atoms with E-state index in [-0.39, 0.29) is 11.3 Å². The minimum absolute atomic E-state index is 0.0139. The van der Waals surface area contributed by atoms with Crippen molar-refractivity contribution >= 4 is 23.4 Å². The maximum absolute atomic E-state index is 11.8. The van der Waals surface area contributed by atoms with Gasteiger partial charge in [-0.05, 0) is 5.75 Å². The van der Waals surface area contributed by atoms with Crippen LogP contribution in [0.3, 0.4) is 0 Å². The summed E-state index contributed by atoms with van der Waals surface area (Å²) in [4.78, 5) is 11.8. The molecule has 4 nitrogen and oxygen atoms in total. The Morgan fingerprint density at radius 1 is 1.53 bits per heavy atom. The highest BCUT2D eigenvalue weighted by molar-refractivity contribution is 7.99. The molecule has 0 aliphatic carbocycles. The van der Waals surface area contributed by atoms with E-state index in [1.807, 2.05) is 43.4 Å². The van der Waals surface area contributed by atoms with Gasteiger partial charge in [-0.15, -0.1) is 0 Å². The number of thioether (sulfide) groups is 1. The molecule has 1 aromatic heterocycles. The van der Waals surface area contributed by atoms with Gasteiger partial charge in [0.25, 0.3) is 0 Å². The highest BCUT2D eigenvalue weighted by atomic mass is 32.2. The van der Waals surface area contributed by atoms with Crippen molar-refractivity contribution in [2.24, 2.45) is 5.41 Å². The molecule has 17 heavy (non-hydrogen) atoms. The Morgan fingerprint density at radius 2 is 2.24 bits per heavy atom. The van der Waals surface area contributed by atoms with E-state index in [1.54, 1.807) is 6.20 Å². The summed E-state index contributed by atoms with van der Waals surface area (Å²) in [5.41, 5.74) is 0.395. The van der Waals surface area contributed by atoms with Crippen LogP contribution in [0.2, 0.25) is 0 Å². The molecular weight excluding hydrogens is 234 g/mol. The van der Waals surface area contributed by atoms with E-state index < -0.39 is 0 Å². The van der Waals surface area contributed by atoms with Crippen LogP contribution in [0.4, 0.5) is 5.69 Å². The number of nitrogens with one attached hydrogen (secondary N) is 1. The molecule has 1 N–H and O–H groups in total. The second-order valence-electron chi connectivity index (χ2n) is 4.89. The summed E-state index contributed by atoms with van der Waals surface area (Å²) in [5.74, 6) is 2.18. The minimum Gasteiger partial charge on any atom is -0.323 e. The summed E-state index contributed by atoms with van der Waals surface area (Å²) >= 11 is 1.88. The first-order valence-corrected chi connectivity index (χ1v) is 7.00. The van der Waals surface area contributed by atoms with Crippen LogP contribution in [0, 0.1) is 5.41 Å². The fourth-order valence-corrected chi connectivity index (χ4v) is 1.78. The van der Waals surface area contributed by atoms with Gasteiger partial charge in [-0.2, -0.15) is 16.9 Å². The number of carbonyl (C=O) groups is 1. The molecule has 0 saturated heterocycles. The quantitative estimate of drug-likeness (QED) is 0.823. The third kappa shape index (κ3) is 4.81. The van der Waals surface area contributed by atoms with Gasteiger partial charge in [0.1, 0.15) is 0 Å². The molecule has 0 unspecified atom stereocenters. The highest BCUT2D eigenvalue weighted by Crippen LogP contribution is 2.16. The van der Waals surface area contributed by atoms with Gasteiger partial charge in [0.15, 0.2) is 0 Å². The Labute approximate surface area is 107 Å². The lowest BCUT2D eigenvalue weighted by Gasteiger charge is -2.16. The predicted octanol–water partition coefficient (Wildman–Crippen LogP) is 2.62. The minimum atomic E-state index is -0.375. The molecule has 0 aliphatic heterocycles. The van der Waals surface area contributed by atoms with Crippen molar-refractivity contribution in [2.75, 3.05) is 16.8 Å². The molecule has 0 aromatic carbocycles. The van der Waals surface area contributed by atoms with Crippen molar-refractivity contribution in [1.82, 2.24) is 9.78 Å². The van der Waals surface area contributed by atoms with E-state index in [9.17, 15) is 4.79 Å². The number of carbonyl (C=O) groups excluding carboxylic acids is 1. The van der Waals surface area contributed by atoms with E-state index in [4.69, 9.17) is 0 Å². The Morgan fingerprint density at radius 3 is 2.82 bits per heavy atom. The lowest BCUT2D eigenvalue weighted by Crippen LogP contribution is -2.27. The highest BCUT2D eigenvalue weighted by Gasteiger charge is 2.21. The lowest BCUT2D eigenvalue weighted by molar-refractivity contribution is -0.123. The van der Waals surface area contributed by atoms with Crippen molar-refractivity contribution in [3.8, 4) is 0 Å². The second-order valence-corrected chi connectivity index (χ2v) is 6.29. The van der Waals surface area contributed by atoms with Crippen molar-refractivity contribution < 1.29 is 4.79 Å². The molecule has 1 rings (SSSR count). The van der Waals surface area contributed by atoms with Crippen LogP contribution in [0.1, 0.15) is 27.7 Å². The Bertz CT molecular complexity index is 368. The zero-order chi connectivity index (χ0) is 12.9. The van der Waals surface area contributed by atoms with Gasteiger partial charge in [0, 0.05) is 17.4 Å². The Hall–Kier alpha value is -0.970. The standard InChI is InChI=1S/C12H21N3OS/c1-5-17-7-6-15-9-10(8-13-15)14-11(16)12(2,3)4/h8-9H,5-7H2,1-4H3,(H,14,16). The fraction of sp³-hybridized carbons (Fsp3) is 0.667. The van der Waals surface area contributed by atoms with E-state index >= 15 is 0 Å². The summed E-state index contributed by atoms with van der Waals surface area (Å²) in [7, 11) is 0. The monoisotopic (exact) mass is 255 g/mol. The first-order valence-electron chi connectivity index (χ1n) is 5.85. The lowest BCUT2D eigenvalue weighted by atomic mass is 9.96. The van der Waals surface area contributed by atoms with Crippen LogP contribution in [0.25, 0.3) is 0 Å². The molecule has 1 heterocycles. The maximum atomic E-state index is 11.8. The molecule has 0 bridgehead atoms. The van der Waals surface area contributed by atoms with Crippen LogP contribution in [0.15, 0.2) is 12.4 Å². The number of amides is 1. The molecule has 0 fully saturated rings. The van der Waals surface area contributed by atoms with E-state index in [1.165, 1.54) is 0 Å². The van der Waals surface area contributed by atoms with Gasteiger partial charge >= 0.3 is 0 Å². The molecular formula is C12H21N3OS. The van der Waals surface area contributed by atoms with Crippen LogP contribution in [-0.4, -0.2) is 27.2 Å². The number of rotatable bonds is 5. The third-order valence-corrected chi connectivity index (χ3v) is 3.12. The molecule has 5 heteroatoms. The number of nitrogens with zero attached hydrogens (tertiary/aromatic N) is 2. The van der Waals surface area contributed by atoms with Crippen LogP contribution in [0.5, 0.6) is 0 Å². The topological polar surface area (TPSA) is 46.9 Å². The zero-order valence-electron chi connectivity index (χ0n) is 11.0. The number of anilines is 1. The normalized spacial score (nSPS) is 11.5. The Balaban J connectivity index is 2.48. The molecule has 96 valence electrons. The van der Waals surface area contributed by atoms with Gasteiger partial charge in [-0.25, -0.2) is 0 Å². The van der Waals surface area contributed by atoms with Crippen molar-refractivity contribution in [3.05, 3.63) is 12.4 Å². The molecule has 1 aromatic rings. The molecule has 0 saturated carbocycles. The van der Waals surface area contributed by atoms with Gasteiger partial charge in [0.05, 0.1) is 18.4 Å².